The molecule has 0 radical (unpaired) electrons. The van der Waals surface area contributed by atoms with Crippen molar-refractivity contribution < 1.29 is 4.79 Å². The van der Waals surface area contributed by atoms with Gasteiger partial charge in [0.15, 0.2) is 0 Å². The van der Waals surface area contributed by atoms with E-state index in [2.05, 4.69) is 31.8 Å². The fourth-order valence-electron chi connectivity index (χ4n) is 4.34. The zero-order valence-electron chi connectivity index (χ0n) is 18.5. The van der Waals surface area contributed by atoms with E-state index in [0.29, 0.717) is 30.5 Å². The van der Waals surface area contributed by atoms with Gasteiger partial charge in [-0.25, -0.2) is 9.97 Å². The molecule has 2 aromatic heterocycles. The minimum absolute atomic E-state index is 0.140. The number of nitrogens with one attached hydrogen (secondary N) is 1. The molecule has 0 unspecified atom stereocenters. The molecule has 0 atom stereocenters. The van der Waals surface area contributed by atoms with Crippen LogP contribution in [0.3, 0.4) is 0 Å². The van der Waals surface area contributed by atoms with E-state index in [1.54, 1.807) is 6.20 Å². The van der Waals surface area contributed by atoms with Gasteiger partial charge in [0, 0.05) is 69.2 Å². The third-order valence-electron chi connectivity index (χ3n) is 6.44. The fraction of sp³-hybridized carbons (Fsp3) is 0.565. The quantitative estimate of drug-likeness (QED) is 0.788. The number of hydrogen-bond acceptors (Lipinski definition) is 6. The maximum Gasteiger partial charge on any atom is 0.251 e. The van der Waals surface area contributed by atoms with Gasteiger partial charge in [-0.1, -0.05) is 6.92 Å². The van der Waals surface area contributed by atoms with Gasteiger partial charge in [-0.15, -0.1) is 0 Å². The second-order valence-corrected chi connectivity index (χ2v) is 8.66. The van der Waals surface area contributed by atoms with Crippen LogP contribution in [-0.2, 0) is 11.2 Å². The van der Waals surface area contributed by atoms with Crippen LogP contribution < -0.4 is 10.5 Å². The van der Waals surface area contributed by atoms with Crippen molar-refractivity contribution in [3.63, 3.8) is 0 Å². The van der Waals surface area contributed by atoms with Crippen LogP contribution in [0.1, 0.15) is 31.9 Å². The van der Waals surface area contributed by atoms with E-state index in [1.165, 1.54) is 6.07 Å². The molecule has 2 saturated heterocycles. The minimum atomic E-state index is -0.140. The summed E-state index contributed by atoms with van der Waals surface area (Å²) in [4.78, 5) is 42.9. The number of aryl methyl sites for hydroxylation is 1. The Bertz CT molecular complexity index is 941. The second kappa shape index (κ2) is 9.60. The molecule has 0 spiro atoms. The lowest BCUT2D eigenvalue weighted by molar-refractivity contribution is -0.133. The molecule has 1 amide bonds. The number of amides is 1. The summed E-state index contributed by atoms with van der Waals surface area (Å²) in [5.41, 5.74) is 1.44. The summed E-state index contributed by atoms with van der Waals surface area (Å²) in [7, 11) is 2.11. The van der Waals surface area contributed by atoms with Gasteiger partial charge in [0.2, 0.25) is 5.91 Å². The number of pyridine rings is 1. The van der Waals surface area contributed by atoms with Crippen LogP contribution in [0.15, 0.2) is 29.2 Å². The van der Waals surface area contributed by atoms with E-state index in [-0.39, 0.29) is 5.56 Å². The zero-order chi connectivity index (χ0) is 21.8. The minimum Gasteiger partial charge on any atom is -0.357 e. The van der Waals surface area contributed by atoms with E-state index < -0.39 is 0 Å². The van der Waals surface area contributed by atoms with Crippen molar-refractivity contribution in [1.82, 2.24) is 24.8 Å². The number of hydrogen-bond donors (Lipinski definition) is 1. The first kappa shape index (κ1) is 21.5. The number of carbonyl (C=O) groups excluding carboxylic acids is 1. The van der Waals surface area contributed by atoms with Crippen LogP contribution in [-0.4, -0.2) is 77.0 Å². The van der Waals surface area contributed by atoms with Crippen molar-refractivity contribution in [2.75, 3.05) is 51.2 Å². The maximum absolute atomic E-state index is 12.6. The normalized spacial score (nSPS) is 18.4. The molecule has 0 bridgehead atoms. The maximum atomic E-state index is 12.6. The average molecular weight is 425 g/mol. The molecular formula is C23H32N6O2. The lowest BCUT2D eigenvalue weighted by Crippen LogP contribution is -2.47. The van der Waals surface area contributed by atoms with Crippen molar-refractivity contribution in [2.24, 2.45) is 5.92 Å². The Balaban J connectivity index is 1.31. The molecule has 0 aromatic carbocycles. The summed E-state index contributed by atoms with van der Waals surface area (Å²) in [6, 6.07) is 5.48. The highest BCUT2D eigenvalue weighted by atomic mass is 16.2. The van der Waals surface area contributed by atoms with Crippen LogP contribution in [0.5, 0.6) is 0 Å². The Hall–Kier alpha value is -2.74. The summed E-state index contributed by atoms with van der Waals surface area (Å²) in [6.07, 6.45) is 5.17. The predicted octanol–water partition coefficient (Wildman–Crippen LogP) is 1.77. The van der Waals surface area contributed by atoms with Gasteiger partial charge in [-0.2, -0.15) is 0 Å². The summed E-state index contributed by atoms with van der Waals surface area (Å²) < 4.78 is 0. The molecule has 166 valence electrons. The summed E-state index contributed by atoms with van der Waals surface area (Å²) in [5.74, 6) is 2.25. The van der Waals surface area contributed by atoms with E-state index in [1.807, 2.05) is 24.0 Å². The number of H-pyrrole nitrogens is 1. The number of piperidine rings is 1. The number of nitrogens with zero attached hydrogens (tertiary/aromatic N) is 5. The Morgan fingerprint density at radius 2 is 1.87 bits per heavy atom. The number of aromatic amines is 1. The Morgan fingerprint density at radius 1 is 1.13 bits per heavy atom. The second-order valence-electron chi connectivity index (χ2n) is 8.66. The van der Waals surface area contributed by atoms with Crippen LogP contribution in [0.25, 0.3) is 11.4 Å². The third kappa shape index (κ3) is 5.31. The molecule has 1 N–H and O–H groups in total. The summed E-state index contributed by atoms with van der Waals surface area (Å²) in [5, 5.41) is 0. The number of anilines is 1. The molecule has 4 rings (SSSR count). The molecule has 31 heavy (non-hydrogen) atoms. The number of aromatic nitrogens is 3. The highest BCUT2D eigenvalue weighted by Gasteiger charge is 2.26. The lowest BCUT2D eigenvalue weighted by atomic mass is 9.93. The van der Waals surface area contributed by atoms with E-state index >= 15 is 0 Å². The van der Waals surface area contributed by atoms with Crippen LogP contribution in [0.4, 0.5) is 5.82 Å². The van der Waals surface area contributed by atoms with Gasteiger partial charge in [0.25, 0.3) is 5.56 Å². The molecule has 8 heteroatoms. The van der Waals surface area contributed by atoms with Crippen molar-refractivity contribution >= 4 is 11.7 Å². The smallest absolute Gasteiger partial charge is 0.251 e. The standard InChI is InChI=1S/C23H32N6O2/c1-3-19-15-21(30)26-23(25-19)18-4-5-20(24-16-18)28-8-6-17(7-9-28)14-22(31)29-12-10-27(2)11-13-29/h4-5,15-17H,3,6-14H2,1-2H3,(H,25,26,30). The molecule has 2 aliphatic heterocycles. The number of piperazine rings is 1. The van der Waals surface area contributed by atoms with Gasteiger partial charge in [-0.3, -0.25) is 9.59 Å². The van der Waals surface area contributed by atoms with Crippen molar-refractivity contribution in [1.29, 1.82) is 0 Å². The van der Waals surface area contributed by atoms with Gasteiger partial charge in [0.05, 0.1) is 0 Å². The number of likely N-dealkylation sites (N-methyl/N-ethyl adjacent to an activating group) is 1. The van der Waals surface area contributed by atoms with Crippen LogP contribution in [0.2, 0.25) is 0 Å². The van der Waals surface area contributed by atoms with E-state index in [0.717, 1.165) is 69.2 Å². The highest BCUT2D eigenvalue weighted by Crippen LogP contribution is 2.26. The van der Waals surface area contributed by atoms with Crippen molar-refractivity contribution in [3.05, 3.63) is 40.4 Å². The topological polar surface area (TPSA) is 85.4 Å². The average Bonchev–Trinajstić information content (AvgIpc) is 2.79. The first-order valence-electron chi connectivity index (χ1n) is 11.3. The Morgan fingerprint density at radius 3 is 2.52 bits per heavy atom. The third-order valence-corrected chi connectivity index (χ3v) is 6.44. The van der Waals surface area contributed by atoms with Gasteiger partial charge in [0.1, 0.15) is 11.6 Å². The molecule has 0 aliphatic carbocycles. The van der Waals surface area contributed by atoms with E-state index in [9.17, 15) is 9.59 Å². The Labute approximate surface area is 183 Å². The van der Waals surface area contributed by atoms with Crippen LogP contribution in [0, 0.1) is 5.92 Å². The molecule has 2 fully saturated rings. The molecule has 0 saturated carbocycles. The van der Waals surface area contributed by atoms with Gasteiger partial charge in [-0.05, 0) is 44.4 Å². The van der Waals surface area contributed by atoms with Crippen LogP contribution >= 0.6 is 0 Å². The summed E-state index contributed by atoms with van der Waals surface area (Å²) in [6.45, 7) is 7.45. The highest BCUT2D eigenvalue weighted by molar-refractivity contribution is 5.76. The van der Waals surface area contributed by atoms with Gasteiger partial charge < -0.3 is 19.7 Å². The summed E-state index contributed by atoms with van der Waals surface area (Å²) >= 11 is 0. The number of carbonyl (C=O) groups is 1. The fourth-order valence-corrected chi connectivity index (χ4v) is 4.34. The van der Waals surface area contributed by atoms with Gasteiger partial charge >= 0.3 is 0 Å². The monoisotopic (exact) mass is 424 g/mol. The molecule has 2 aliphatic rings. The molecule has 4 heterocycles. The lowest BCUT2D eigenvalue weighted by Gasteiger charge is -2.35. The zero-order valence-corrected chi connectivity index (χ0v) is 18.5. The van der Waals surface area contributed by atoms with Crippen molar-refractivity contribution in [3.8, 4) is 11.4 Å². The molecule has 2 aromatic rings. The largest absolute Gasteiger partial charge is 0.357 e. The first-order chi connectivity index (χ1) is 15.0. The first-order valence-corrected chi connectivity index (χ1v) is 11.3. The SMILES string of the molecule is CCc1cc(=O)[nH]c(-c2ccc(N3CCC(CC(=O)N4CCN(C)CC4)CC3)nc2)n1. The predicted molar refractivity (Wildman–Crippen MR) is 121 cm³/mol. The van der Waals surface area contributed by atoms with Crippen molar-refractivity contribution in [2.45, 2.75) is 32.6 Å². The molecular weight excluding hydrogens is 392 g/mol. The Kier molecular flexibility index (Phi) is 6.65. The van der Waals surface area contributed by atoms with E-state index in [4.69, 9.17) is 0 Å². The number of rotatable bonds is 5. The molecule has 8 nitrogen and oxygen atoms in total.